The molecule has 2 heterocycles. The lowest BCUT2D eigenvalue weighted by molar-refractivity contribution is -0.388. The summed E-state index contributed by atoms with van der Waals surface area (Å²) in [6.07, 6.45) is 1.33. The summed E-state index contributed by atoms with van der Waals surface area (Å²) in [7, 11) is 0. The number of aromatic nitrogens is 1. The van der Waals surface area contributed by atoms with Crippen LogP contribution in [-0.4, -0.2) is 35.6 Å². The molecule has 0 aliphatic carbocycles. The van der Waals surface area contributed by atoms with Gasteiger partial charge in [-0.05, 0) is 31.9 Å². The van der Waals surface area contributed by atoms with Crippen molar-refractivity contribution in [2.45, 2.75) is 0 Å². The van der Waals surface area contributed by atoms with Gasteiger partial charge in [-0.15, -0.1) is 0 Å². The van der Waals surface area contributed by atoms with E-state index in [9.17, 15) is 14.9 Å². The highest BCUT2D eigenvalue weighted by Crippen LogP contribution is 2.29. The molecule has 1 aliphatic heterocycles. The van der Waals surface area contributed by atoms with Crippen LogP contribution < -0.4 is 4.90 Å². The minimum atomic E-state index is -0.607. The Morgan fingerprint density at radius 1 is 1.59 bits per heavy atom. The van der Waals surface area contributed by atoms with E-state index >= 15 is 0 Å². The molecule has 7 nitrogen and oxygen atoms in total. The van der Waals surface area contributed by atoms with Crippen LogP contribution in [0.5, 0.6) is 0 Å². The Hall–Kier alpha value is -1.54. The van der Waals surface area contributed by atoms with Gasteiger partial charge in [0.15, 0.2) is 6.20 Å². The topological polar surface area (TPSA) is 85.6 Å². The predicted octanol–water partition coefficient (Wildman–Crippen LogP) is 1.12. The van der Waals surface area contributed by atoms with Gasteiger partial charge in [0.2, 0.25) is 0 Å². The maximum Gasteiger partial charge on any atom is 0.387 e. The number of carbonyl (C=O) groups excluding carboxylic acids is 1. The fraction of sp³-hybridized carbons (Fsp3) is 0.333. The van der Waals surface area contributed by atoms with Crippen molar-refractivity contribution in [2.24, 2.45) is 0 Å². The number of ether oxygens (including phenoxy) is 1. The molecule has 1 saturated heterocycles. The van der Waals surface area contributed by atoms with Crippen molar-refractivity contribution in [2.75, 3.05) is 24.7 Å². The highest BCUT2D eigenvalue weighted by Gasteiger charge is 2.28. The highest BCUT2D eigenvalue weighted by molar-refractivity contribution is 9.10. The maximum atomic E-state index is 11.6. The molecule has 0 unspecified atom stereocenters. The van der Waals surface area contributed by atoms with Gasteiger partial charge in [-0.1, -0.05) is 0 Å². The Morgan fingerprint density at radius 3 is 3.00 bits per heavy atom. The van der Waals surface area contributed by atoms with Gasteiger partial charge in [0, 0.05) is 6.54 Å². The molecule has 2 rings (SSSR count). The Morgan fingerprint density at radius 2 is 2.35 bits per heavy atom. The summed E-state index contributed by atoms with van der Waals surface area (Å²) < 4.78 is 5.55. The fourth-order valence-electron chi connectivity index (χ4n) is 1.53. The second-order valence-corrected chi connectivity index (χ2v) is 4.27. The zero-order chi connectivity index (χ0) is 12.4. The third kappa shape index (κ3) is 2.42. The summed E-state index contributed by atoms with van der Waals surface area (Å²) in [5, 5.41) is 10.8. The molecule has 1 aliphatic rings. The minimum Gasteiger partial charge on any atom is -0.370 e. The minimum absolute atomic E-state index is 0.0658. The summed E-state index contributed by atoms with van der Waals surface area (Å²) >= 11 is 3.18. The quantitative estimate of drug-likeness (QED) is 0.603. The third-order valence-electron chi connectivity index (χ3n) is 2.26. The number of nitrogens with zero attached hydrogens (tertiary/aromatic N) is 3. The highest BCUT2D eigenvalue weighted by atomic mass is 79.9. The average Bonchev–Trinajstić information content (AvgIpc) is 2.29. The lowest BCUT2D eigenvalue weighted by atomic mass is 10.3. The van der Waals surface area contributed by atoms with Gasteiger partial charge >= 0.3 is 5.82 Å². The van der Waals surface area contributed by atoms with Gasteiger partial charge in [-0.2, -0.15) is 0 Å². The lowest BCUT2D eigenvalue weighted by Crippen LogP contribution is -2.42. The van der Waals surface area contributed by atoms with E-state index in [1.54, 1.807) is 0 Å². The number of rotatable bonds is 2. The van der Waals surface area contributed by atoms with Crippen LogP contribution in [0.2, 0.25) is 0 Å². The maximum absolute atomic E-state index is 11.6. The number of anilines is 1. The van der Waals surface area contributed by atoms with Gasteiger partial charge < -0.3 is 19.8 Å². The molecule has 17 heavy (non-hydrogen) atoms. The van der Waals surface area contributed by atoms with Crippen LogP contribution in [0.1, 0.15) is 0 Å². The summed E-state index contributed by atoms with van der Waals surface area (Å²) in [4.78, 5) is 26.9. The van der Waals surface area contributed by atoms with Crippen molar-refractivity contribution >= 4 is 33.3 Å². The van der Waals surface area contributed by atoms with Crippen LogP contribution in [0.4, 0.5) is 11.5 Å². The number of hydrogen-bond acceptors (Lipinski definition) is 5. The van der Waals surface area contributed by atoms with E-state index in [0.717, 1.165) is 0 Å². The SMILES string of the molecule is O=C1COCCN1c1cc(Br)cnc1[N+](=O)[O-]. The van der Waals surface area contributed by atoms with Crippen LogP contribution in [0.25, 0.3) is 0 Å². The Balaban J connectivity index is 2.45. The van der Waals surface area contributed by atoms with Gasteiger partial charge in [-0.25, -0.2) is 0 Å². The number of halogens is 1. The van der Waals surface area contributed by atoms with Crippen LogP contribution in [0.3, 0.4) is 0 Å². The molecule has 0 bridgehead atoms. The van der Waals surface area contributed by atoms with Crippen molar-refractivity contribution in [3.63, 3.8) is 0 Å². The van der Waals surface area contributed by atoms with Gasteiger partial charge in [0.25, 0.3) is 5.91 Å². The van der Waals surface area contributed by atoms with Crippen LogP contribution in [0.15, 0.2) is 16.7 Å². The van der Waals surface area contributed by atoms with Crippen LogP contribution in [0, 0.1) is 10.1 Å². The van der Waals surface area contributed by atoms with Crippen molar-refractivity contribution in [1.29, 1.82) is 0 Å². The molecular formula is C9H8BrN3O4. The molecule has 0 spiro atoms. The van der Waals surface area contributed by atoms with E-state index in [4.69, 9.17) is 4.74 Å². The summed E-state index contributed by atoms with van der Waals surface area (Å²) in [6.45, 7) is 0.580. The Bertz CT molecular complexity index is 479. The third-order valence-corrected chi connectivity index (χ3v) is 2.70. The number of morpholine rings is 1. The molecule has 1 aromatic rings. The molecular weight excluding hydrogens is 294 g/mol. The second-order valence-electron chi connectivity index (χ2n) is 3.35. The van der Waals surface area contributed by atoms with Crippen LogP contribution in [-0.2, 0) is 9.53 Å². The molecule has 8 heteroatoms. The molecule has 90 valence electrons. The van der Waals surface area contributed by atoms with E-state index in [2.05, 4.69) is 20.9 Å². The van der Waals surface area contributed by atoms with Crippen LogP contribution >= 0.6 is 15.9 Å². The molecule has 0 saturated carbocycles. The molecule has 0 atom stereocenters. The first kappa shape index (κ1) is 11.9. The average molecular weight is 302 g/mol. The largest absolute Gasteiger partial charge is 0.387 e. The van der Waals surface area contributed by atoms with E-state index in [0.29, 0.717) is 11.1 Å². The van der Waals surface area contributed by atoms with E-state index < -0.39 is 4.92 Å². The summed E-state index contributed by atoms with van der Waals surface area (Å²) in [6, 6.07) is 1.51. The zero-order valence-electron chi connectivity index (χ0n) is 8.63. The fourth-order valence-corrected chi connectivity index (χ4v) is 1.85. The van der Waals surface area contributed by atoms with E-state index in [-0.39, 0.29) is 30.6 Å². The van der Waals surface area contributed by atoms with Gasteiger partial charge in [0.1, 0.15) is 12.3 Å². The van der Waals surface area contributed by atoms with Crippen molar-refractivity contribution in [3.05, 3.63) is 26.9 Å². The number of pyridine rings is 1. The van der Waals surface area contributed by atoms with Gasteiger partial charge in [-0.3, -0.25) is 4.79 Å². The van der Waals surface area contributed by atoms with Crippen molar-refractivity contribution in [3.8, 4) is 0 Å². The molecule has 0 aromatic carbocycles. The first-order valence-corrected chi connectivity index (χ1v) is 5.57. The Labute approximate surface area is 105 Å². The van der Waals surface area contributed by atoms with E-state index in [1.165, 1.54) is 17.2 Å². The standard InChI is InChI=1S/C9H8BrN3O4/c10-6-3-7(9(11-4-6)13(15)16)12-1-2-17-5-8(12)14/h3-4H,1-2,5H2. The number of nitro groups is 1. The lowest BCUT2D eigenvalue weighted by Gasteiger charge is -2.26. The number of carbonyl (C=O) groups is 1. The normalized spacial score (nSPS) is 16.1. The number of hydrogen-bond donors (Lipinski definition) is 0. The molecule has 1 amide bonds. The second kappa shape index (κ2) is 4.76. The molecule has 0 N–H and O–H groups in total. The summed E-state index contributed by atoms with van der Waals surface area (Å²) in [5.74, 6) is -0.636. The molecule has 1 fully saturated rings. The smallest absolute Gasteiger partial charge is 0.370 e. The molecule has 0 radical (unpaired) electrons. The monoisotopic (exact) mass is 301 g/mol. The van der Waals surface area contributed by atoms with E-state index in [1.807, 2.05) is 0 Å². The van der Waals surface area contributed by atoms with Crippen molar-refractivity contribution in [1.82, 2.24) is 4.98 Å². The predicted molar refractivity (Wildman–Crippen MR) is 61.8 cm³/mol. The first-order chi connectivity index (χ1) is 8.09. The number of amides is 1. The van der Waals surface area contributed by atoms with Crippen molar-refractivity contribution < 1.29 is 14.5 Å². The Kier molecular flexibility index (Phi) is 3.34. The summed E-state index contributed by atoms with van der Waals surface area (Å²) in [5.41, 5.74) is 0.192. The molecule has 1 aromatic heterocycles. The zero-order valence-corrected chi connectivity index (χ0v) is 10.2. The first-order valence-electron chi connectivity index (χ1n) is 4.77. The van der Waals surface area contributed by atoms with Gasteiger partial charge in [0.05, 0.1) is 11.1 Å².